The SMILES string of the molecule is COC(=O)Cc1cc(OC(F)(F)F)nc(OC)c1CBr. The maximum absolute atomic E-state index is 12.2. The Bertz CT molecular complexity index is 493. The van der Waals surface area contributed by atoms with Gasteiger partial charge in [0.25, 0.3) is 0 Å². The zero-order valence-corrected chi connectivity index (χ0v) is 12.2. The van der Waals surface area contributed by atoms with Gasteiger partial charge in [-0.25, -0.2) is 0 Å². The third kappa shape index (κ3) is 4.55. The number of esters is 1. The van der Waals surface area contributed by atoms with Crippen molar-refractivity contribution in [1.29, 1.82) is 0 Å². The van der Waals surface area contributed by atoms with E-state index < -0.39 is 18.2 Å². The van der Waals surface area contributed by atoms with Crippen LogP contribution in [0.25, 0.3) is 0 Å². The molecule has 5 nitrogen and oxygen atoms in total. The van der Waals surface area contributed by atoms with Crippen LogP contribution in [0, 0.1) is 0 Å². The molecule has 0 saturated heterocycles. The molecule has 1 rings (SSSR count). The molecule has 0 radical (unpaired) electrons. The van der Waals surface area contributed by atoms with Crippen molar-refractivity contribution in [2.45, 2.75) is 18.1 Å². The van der Waals surface area contributed by atoms with Crippen molar-refractivity contribution in [3.8, 4) is 11.8 Å². The first-order valence-corrected chi connectivity index (χ1v) is 6.38. The zero-order valence-electron chi connectivity index (χ0n) is 10.6. The number of hydrogen-bond donors (Lipinski definition) is 0. The van der Waals surface area contributed by atoms with Gasteiger partial charge in [-0.2, -0.15) is 4.98 Å². The molecule has 0 fully saturated rings. The molecule has 112 valence electrons. The van der Waals surface area contributed by atoms with E-state index in [0.29, 0.717) is 5.56 Å². The van der Waals surface area contributed by atoms with Crippen LogP contribution in [0.3, 0.4) is 0 Å². The predicted molar refractivity (Wildman–Crippen MR) is 65.8 cm³/mol. The number of rotatable bonds is 5. The maximum Gasteiger partial charge on any atom is 0.574 e. The highest BCUT2D eigenvalue weighted by atomic mass is 79.9. The molecule has 0 aromatic carbocycles. The van der Waals surface area contributed by atoms with Gasteiger partial charge in [0.1, 0.15) is 0 Å². The highest BCUT2D eigenvalue weighted by Gasteiger charge is 2.32. The van der Waals surface area contributed by atoms with Crippen molar-refractivity contribution >= 4 is 21.9 Å². The standard InChI is InChI=1S/C11H11BrF3NO4/c1-18-9(17)4-6-3-8(20-11(13,14)15)16-10(19-2)7(6)5-12/h3H,4-5H2,1-2H3. The predicted octanol–water partition coefficient (Wildman–Crippen LogP) is 2.60. The number of alkyl halides is 4. The lowest BCUT2D eigenvalue weighted by atomic mass is 10.1. The molecule has 0 amide bonds. The van der Waals surface area contributed by atoms with E-state index in [4.69, 9.17) is 4.74 Å². The Kier molecular flexibility index (Phi) is 5.61. The van der Waals surface area contributed by atoms with Crippen molar-refractivity contribution in [3.05, 3.63) is 17.2 Å². The fraction of sp³-hybridized carbons (Fsp3) is 0.455. The summed E-state index contributed by atoms with van der Waals surface area (Å²) in [6.07, 6.45) is -5.10. The minimum atomic E-state index is -4.88. The highest BCUT2D eigenvalue weighted by molar-refractivity contribution is 9.08. The maximum atomic E-state index is 12.2. The van der Waals surface area contributed by atoms with Crippen LogP contribution < -0.4 is 9.47 Å². The lowest BCUT2D eigenvalue weighted by molar-refractivity contribution is -0.276. The van der Waals surface area contributed by atoms with Gasteiger partial charge < -0.3 is 14.2 Å². The van der Waals surface area contributed by atoms with Crippen LogP contribution in [0.1, 0.15) is 11.1 Å². The van der Waals surface area contributed by atoms with Crippen LogP contribution in [-0.2, 0) is 21.3 Å². The third-order valence-electron chi connectivity index (χ3n) is 2.26. The second kappa shape index (κ2) is 6.78. The van der Waals surface area contributed by atoms with E-state index in [1.807, 2.05) is 0 Å². The van der Waals surface area contributed by atoms with Gasteiger partial charge in [0.15, 0.2) is 0 Å². The molecular weight excluding hydrogens is 347 g/mol. The first-order valence-electron chi connectivity index (χ1n) is 5.26. The molecule has 20 heavy (non-hydrogen) atoms. The molecule has 0 aliphatic rings. The summed E-state index contributed by atoms with van der Waals surface area (Å²) in [5.74, 6) is -1.35. The Morgan fingerprint density at radius 1 is 1.40 bits per heavy atom. The average molecular weight is 358 g/mol. The normalized spacial score (nSPS) is 11.1. The van der Waals surface area contributed by atoms with Gasteiger partial charge in [0.05, 0.1) is 20.6 Å². The molecule has 0 unspecified atom stereocenters. The van der Waals surface area contributed by atoms with Crippen LogP contribution in [0.2, 0.25) is 0 Å². The smallest absolute Gasteiger partial charge is 0.481 e. The first-order chi connectivity index (χ1) is 9.30. The molecule has 1 aromatic heterocycles. The van der Waals surface area contributed by atoms with Gasteiger partial charge in [0.2, 0.25) is 11.8 Å². The average Bonchev–Trinajstić information content (AvgIpc) is 2.35. The molecule has 1 aromatic rings. The zero-order chi connectivity index (χ0) is 15.3. The highest BCUT2D eigenvalue weighted by Crippen LogP contribution is 2.30. The monoisotopic (exact) mass is 357 g/mol. The minimum absolute atomic E-state index is 0.0532. The topological polar surface area (TPSA) is 57.7 Å². The minimum Gasteiger partial charge on any atom is -0.481 e. The molecule has 0 aliphatic heterocycles. The van der Waals surface area contributed by atoms with Crippen LogP contribution in [0.15, 0.2) is 6.07 Å². The summed E-state index contributed by atoms with van der Waals surface area (Å²) in [4.78, 5) is 14.9. The number of carbonyl (C=O) groups is 1. The molecule has 9 heteroatoms. The van der Waals surface area contributed by atoms with E-state index in [2.05, 4.69) is 30.4 Å². The summed E-state index contributed by atoms with van der Waals surface area (Å²) in [6, 6.07) is 1.03. The molecule has 1 heterocycles. The number of aromatic nitrogens is 1. The second-order valence-corrected chi connectivity index (χ2v) is 4.10. The summed E-state index contributed by atoms with van der Waals surface area (Å²) < 4.78 is 49.8. The molecule has 0 saturated carbocycles. The van der Waals surface area contributed by atoms with E-state index in [9.17, 15) is 18.0 Å². The van der Waals surface area contributed by atoms with Gasteiger partial charge in [0, 0.05) is 17.0 Å². The summed E-state index contributed by atoms with van der Waals surface area (Å²) in [5.41, 5.74) is 0.729. The largest absolute Gasteiger partial charge is 0.574 e. The number of ether oxygens (including phenoxy) is 3. The second-order valence-electron chi connectivity index (χ2n) is 3.54. The van der Waals surface area contributed by atoms with Gasteiger partial charge >= 0.3 is 12.3 Å². The van der Waals surface area contributed by atoms with E-state index in [-0.39, 0.29) is 23.2 Å². The van der Waals surface area contributed by atoms with E-state index in [1.165, 1.54) is 14.2 Å². The van der Waals surface area contributed by atoms with Crippen molar-refractivity contribution < 1.29 is 32.2 Å². The number of carbonyl (C=O) groups excluding carboxylic acids is 1. The van der Waals surface area contributed by atoms with Crippen molar-refractivity contribution in [2.24, 2.45) is 0 Å². The lowest BCUT2D eigenvalue weighted by Crippen LogP contribution is -2.19. The van der Waals surface area contributed by atoms with Crippen LogP contribution in [0.4, 0.5) is 13.2 Å². The molecule has 0 atom stereocenters. The Labute approximate surface area is 121 Å². The fourth-order valence-corrected chi connectivity index (χ4v) is 2.04. The van der Waals surface area contributed by atoms with E-state index in [0.717, 1.165) is 6.07 Å². The Hall–Kier alpha value is -1.51. The summed E-state index contributed by atoms with van der Waals surface area (Å²) in [7, 11) is 2.44. The molecule has 0 aliphatic carbocycles. The van der Waals surface area contributed by atoms with Crippen molar-refractivity contribution in [1.82, 2.24) is 4.98 Å². The third-order valence-corrected chi connectivity index (χ3v) is 2.83. The number of methoxy groups -OCH3 is 2. The van der Waals surface area contributed by atoms with Gasteiger partial charge in [-0.05, 0) is 5.56 Å². The Balaban J connectivity index is 3.23. The van der Waals surface area contributed by atoms with Crippen molar-refractivity contribution in [2.75, 3.05) is 14.2 Å². The Morgan fingerprint density at radius 3 is 2.50 bits per heavy atom. The fourth-order valence-electron chi connectivity index (χ4n) is 1.44. The van der Waals surface area contributed by atoms with E-state index in [1.54, 1.807) is 0 Å². The quantitative estimate of drug-likeness (QED) is 0.598. The van der Waals surface area contributed by atoms with Crippen LogP contribution >= 0.6 is 15.9 Å². The van der Waals surface area contributed by atoms with Gasteiger partial charge in [-0.3, -0.25) is 4.79 Å². The summed E-state index contributed by atoms with van der Waals surface area (Å²) >= 11 is 3.16. The van der Waals surface area contributed by atoms with Crippen molar-refractivity contribution in [3.63, 3.8) is 0 Å². The van der Waals surface area contributed by atoms with Crippen LogP contribution in [0.5, 0.6) is 11.8 Å². The molecular formula is C11H11BrF3NO4. The first kappa shape index (κ1) is 16.5. The number of halogens is 4. The lowest BCUT2D eigenvalue weighted by Gasteiger charge is -2.14. The molecule has 0 N–H and O–H groups in total. The molecule has 0 bridgehead atoms. The van der Waals surface area contributed by atoms with E-state index >= 15 is 0 Å². The summed E-state index contributed by atoms with van der Waals surface area (Å²) in [5, 5.41) is 0.252. The number of pyridine rings is 1. The number of hydrogen-bond acceptors (Lipinski definition) is 5. The van der Waals surface area contributed by atoms with Gasteiger partial charge in [-0.1, -0.05) is 15.9 Å². The number of nitrogens with zero attached hydrogens (tertiary/aromatic N) is 1. The molecule has 0 spiro atoms. The Morgan fingerprint density at radius 2 is 2.05 bits per heavy atom. The van der Waals surface area contributed by atoms with Gasteiger partial charge in [-0.15, -0.1) is 13.2 Å². The van der Waals surface area contributed by atoms with Crippen LogP contribution in [-0.4, -0.2) is 31.5 Å². The summed E-state index contributed by atoms with van der Waals surface area (Å²) in [6.45, 7) is 0.